The summed E-state index contributed by atoms with van der Waals surface area (Å²) in [6.07, 6.45) is 2.52. The molecule has 1 unspecified atom stereocenters. The number of nitrogens with one attached hydrogen (secondary N) is 1. The van der Waals surface area contributed by atoms with Crippen LogP contribution in [-0.4, -0.2) is 39.6 Å². The fraction of sp³-hybridized carbons (Fsp3) is 0.474. The first-order chi connectivity index (χ1) is 13.7. The molecule has 2 aromatic heterocycles. The van der Waals surface area contributed by atoms with E-state index in [2.05, 4.69) is 51.6 Å². The molecule has 0 radical (unpaired) electrons. The highest BCUT2D eigenvalue weighted by molar-refractivity contribution is 8.00. The minimum absolute atomic E-state index is 0.284. The van der Waals surface area contributed by atoms with Crippen LogP contribution < -0.4 is 5.32 Å². The van der Waals surface area contributed by atoms with Crippen LogP contribution in [0.1, 0.15) is 44.1 Å². The summed E-state index contributed by atoms with van der Waals surface area (Å²) < 4.78 is 11.9. The maximum Gasteiger partial charge on any atom is 0.237 e. The van der Waals surface area contributed by atoms with Gasteiger partial charge >= 0.3 is 0 Å². The summed E-state index contributed by atoms with van der Waals surface area (Å²) >= 11 is 3.07. The van der Waals surface area contributed by atoms with Crippen LogP contribution in [0.4, 0.5) is 5.13 Å². The van der Waals surface area contributed by atoms with Gasteiger partial charge in [-0.3, -0.25) is 0 Å². The summed E-state index contributed by atoms with van der Waals surface area (Å²) in [4.78, 5) is 4.49. The van der Waals surface area contributed by atoms with Crippen LogP contribution >= 0.6 is 23.1 Å². The van der Waals surface area contributed by atoms with Crippen LogP contribution in [0.3, 0.4) is 0 Å². The first-order valence-corrected chi connectivity index (χ1v) is 11.2. The van der Waals surface area contributed by atoms with Crippen molar-refractivity contribution in [2.24, 2.45) is 0 Å². The molecule has 4 rings (SSSR count). The Bertz CT molecular complexity index is 888. The molecule has 0 spiro atoms. The van der Waals surface area contributed by atoms with Gasteiger partial charge in [0.25, 0.3) is 0 Å². The van der Waals surface area contributed by atoms with Crippen molar-refractivity contribution in [2.75, 3.05) is 18.5 Å². The van der Waals surface area contributed by atoms with Gasteiger partial charge in [0, 0.05) is 18.7 Å². The summed E-state index contributed by atoms with van der Waals surface area (Å²) in [5, 5.41) is 16.6. The highest BCUT2D eigenvalue weighted by atomic mass is 32.2. The predicted molar refractivity (Wildman–Crippen MR) is 111 cm³/mol. The Labute approximate surface area is 172 Å². The second kappa shape index (κ2) is 9.02. The largest absolute Gasteiger partial charge is 0.376 e. The van der Waals surface area contributed by atoms with Gasteiger partial charge in [-0.1, -0.05) is 66.4 Å². The SMILES string of the molecule is CC(C)c1ccc(-c2noc(CSc3nnc(NCC4CCCO4)s3)n2)cc1. The molecule has 1 aromatic carbocycles. The van der Waals surface area contributed by atoms with Gasteiger partial charge in [-0.2, -0.15) is 4.98 Å². The van der Waals surface area contributed by atoms with E-state index in [0.29, 0.717) is 23.4 Å². The molecule has 3 aromatic rings. The van der Waals surface area contributed by atoms with Crippen LogP contribution in [0.15, 0.2) is 33.1 Å². The summed E-state index contributed by atoms with van der Waals surface area (Å²) in [5.41, 5.74) is 2.25. The number of hydrogen-bond acceptors (Lipinski definition) is 9. The van der Waals surface area contributed by atoms with E-state index in [1.165, 1.54) is 16.9 Å². The standard InChI is InChI=1S/C19H23N5O2S2/c1-12(2)13-5-7-14(8-6-13)17-21-16(26-24-17)11-27-19-23-22-18(28-19)20-10-15-4-3-9-25-15/h5-8,12,15H,3-4,9-11H2,1-2H3,(H,20,22). The van der Waals surface area contributed by atoms with Crippen LogP contribution in [0, 0.1) is 0 Å². The second-order valence-electron chi connectivity index (χ2n) is 6.97. The summed E-state index contributed by atoms with van der Waals surface area (Å²) in [6.45, 7) is 5.99. The average molecular weight is 418 g/mol. The maximum absolute atomic E-state index is 5.60. The third kappa shape index (κ3) is 4.89. The second-order valence-corrected chi connectivity index (χ2v) is 9.17. The Morgan fingerprint density at radius 3 is 2.86 bits per heavy atom. The first kappa shape index (κ1) is 19.4. The highest BCUT2D eigenvalue weighted by Crippen LogP contribution is 2.29. The summed E-state index contributed by atoms with van der Waals surface area (Å²) in [5.74, 6) is 2.26. The van der Waals surface area contributed by atoms with Crippen LogP contribution in [0.5, 0.6) is 0 Å². The van der Waals surface area contributed by atoms with E-state index in [1.54, 1.807) is 11.8 Å². The zero-order valence-electron chi connectivity index (χ0n) is 15.9. The number of aromatic nitrogens is 4. The maximum atomic E-state index is 5.60. The van der Waals surface area contributed by atoms with Crippen molar-refractivity contribution in [1.82, 2.24) is 20.3 Å². The molecule has 9 heteroatoms. The number of rotatable bonds is 8. The van der Waals surface area contributed by atoms with Crippen molar-refractivity contribution in [1.29, 1.82) is 0 Å². The lowest BCUT2D eigenvalue weighted by Gasteiger charge is -2.08. The molecule has 1 aliphatic heterocycles. The Morgan fingerprint density at radius 1 is 1.25 bits per heavy atom. The van der Waals surface area contributed by atoms with E-state index in [9.17, 15) is 0 Å². The van der Waals surface area contributed by atoms with Crippen molar-refractivity contribution in [3.05, 3.63) is 35.7 Å². The van der Waals surface area contributed by atoms with E-state index in [4.69, 9.17) is 9.26 Å². The van der Waals surface area contributed by atoms with Gasteiger partial charge in [-0.25, -0.2) is 0 Å². The molecular weight excluding hydrogens is 394 g/mol. The van der Waals surface area contributed by atoms with Gasteiger partial charge in [0.05, 0.1) is 11.9 Å². The molecule has 0 saturated carbocycles. The van der Waals surface area contributed by atoms with Crippen molar-refractivity contribution >= 4 is 28.2 Å². The Hall–Kier alpha value is -1.97. The molecule has 1 saturated heterocycles. The molecule has 0 amide bonds. The topological polar surface area (TPSA) is 86.0 Å². The van der Waals surface area contributed by atoms with Crippen molar-refractivity contribution in [2.45, 2.75) is 48.8 Å². The fourth-order valence-electron chi connectivity index (χ4n) is 2.92. The number of nitrogens with zero attached hydrogens (tertiary/aromatic N) is 4. The quantitative estimate of drug-likeness (QED) is 0.533. The smallest absolute Gasteiger partial charge is 0.237 e. The molecule has 28 heavy (non-hydrogen) atoms. The minimum Gasteiger partial charge on any atom is -0.376 e. The van der Waals surface area contributed by atoms with Gasteiger partial charge in [0.1, 0.15) is 0 Å². The molecule has 0 aliphatic carbocycles. The first-order valence-electron chi connectivity index (χ1n) is 9.42. The number of benzene rings is 1. The molecule has 1 aliphatic rings. The fourth-order valence-corrected chi connectivity index (χ4v) is 4.51. The Kier molecular flexibility index (Phi) is 6.23. The van der Waals surface area contributed by atoms with Gasteiger partial charge in [-0.05, 0) is 24.3 Å². The number of hydrogen-bond donors (Lipinski definition) is 1. The molecule has 0 bridgehead atoms. The lowest BCUT2D eigenvalue weighted by Crippen LogP contribution is -2.18. The monoisotopic (exact) mass is 417 g/mol. The minimum atomic E-state index is 0.284. The molecule has 1 atom stereocenters. The van der Waals surface area contributed by atoms with Crippen molar-refractivity contribution < 1.29 is 9.26 Å². The third-order valence-electron chi connectivity index (χ3n) is 4.53. The van der Waals surface area contributed by atoms with E-state index in [-0.39, 0.29) is 6.10 Å². The van der Waals surface area contributed by atoms with E-state index in [1.807, 2.05) is 12.1 Å². The predicted octanol–water partition coefficient (Wildman–Crippen LogP) is 4.59. The van der Waals surface area contributed by atoms with E-state index >= 15 is 0 Å². The molecule has 7 nitrogen and oxygen atoms in total. The Morgan fingerprint density at radius 2 is 2.11 bits per heavy atom. The Balaban J connectivity index is 1.29. The van der Waals surface area contributed by atoms with Gasteiger partial charge in [0.15, 0.2) is 4.34 Å². The number of anilines is 1. The van der Waals surface area contributed by atoms with Crippen molar-refractivity contribution in [3.63, 3.8) is 0 Å². The molecule has 1 N–H and O–H groups in total. The lowest BCUT2D eigenvalue weighted by atomic mass is 10.0. The number of ether oxygens (including phenoxy) is 1. The summed E-state index contributed by atoms with van der Waals surface area (Å²) in [7, 11) is 0. The molecule has 148 valence electrons. The zero-order valence-corrected chi connectivity index (χ0v) is 17.6. The average Bonchev–Trinajstić information content (AvgIpc) is 3.46. The zero-order chi connectivity index (χ0) is 19.3. The van der Waals surface area contributed by atoms with Crippen LogP contribution in [0.2, 0.25) is 0 Å². The lowest BCUT2D eigenvalue weighted by molar-refractivity contribution is 0.120. The van der Waals surface area contributed by atoms with Gasteiger partial charge < -0.3 is 14.6 Å². The van der Waals surface area contributed by atoms with Crippen molar-refractivity contribution in [3.8, 4) is 11.4 Å². The van der Waals surface area contributed by atoms with Crippen LogP contribution in [-0.2, 0) is 10.5 Å². The molecular formula is C19H23N5O2S2. The highest BCUT2D eigenvalue weighted by Gasteiger charge is 2.16. The molecule has 3 heterocycles. The van der Waals surface area contributed by atoms with Gasteiger partial charge in [0.2, 0.25) is 16.8 Å². The van der Waals surface area contributed by atoms with Crippen LogP contribution in [0.25, 0.3) is 11.4 Å². The van der Waals surface area contributed by atoms with E-state index in [0.717, 1.165) is 41.0 Å². The number of thioether (sulfide) groups is 1. The van der Waals surface area contributed by atoms with E-state index < -0.39 is 0 Å². The normalized spacial score (nSPS) is 16.8. The third-order valence-corrected chi connectivity index (χ3v) is 6.53. The van der Waals surface area contributed by atoms with Gasteiger partial charge in [-0.15, -0.1) is 10.2 Å². The summed E-state index contributed by atoms with van der Waals surface area (Å²) in [6, 6.07) is 8.29. The molecule has 1 fully saturated rings.